The molecule has 0 fully saturated rings. The second-order valence-corrected chi connectivity index (χ2v) is 6.89. The predicted molar refractivity (Wildman–Crippen MR) is 121 cm³/mol. The molecule has 0 saturated heterocycles. The third-order valence-corrected chi connectivity index (χ3v) is 4.92. The molecular weight excluding hydrogens is 378 g/mol. The predicted octanol–water partition coefficient (Wildman–Crippen LogP) is 3.42. The van der Waals surface area contributed by atoms with Gasteiger partial charge in [0.1, 0.15) is 0 Å². The Hall–Kier alpha value is -3.48. The van der Waals surface area contributed by atoms with Gasteiger partial charge >= 0.3 is 0 Å². The Kier molecular flexibility index (Phi) is 6.95. The number of fused-ring (bicyclic) bond motifs is 1. The van der Waals surface area contributed by atoms with Gasteiger partial charge in [0, 0.05) is 30.7 Å². The lowest BCUT2D eigenvalue weighted by Crippen LogP contribution is -2.29. The fourth-order valence-corrected chi connectivity index (χ4v) is 3.34. The average molecular weight is 406 g/mol. The quantitative estimate of drug-likeness (QED) is 0.460. The molecule has 7 nitrogen and oxygen atoms in total. The summed E-state index contributed by atoms with van der Waals surface area (Å²) < 4.78 is 1.34. The van der Waals surface area contributed by atoms with Gasteiger partial charge in [-0.05, 0) is 44.0 Å². The largest absolute Gasteiger partial charge is 0.372 e. The van der Waals surface area contributed by atoms with Gasteiger partial charge in [-0.25, -0.2) is 10.1 Å². The van der Waals surface area contributed by atoms with Crippen molar-refractivity contribution in [3.05, 3.63) is 70.1 Å². The van der Waals surface area contributed by atoms with Gasteiger partial charge in [-0.2, -0.15) is 10.2 Å². The molecule has 0 aliphatic carbocycles. The lowest BCUT2D eigenvalue weighted by atomic mass is 10.1. The van der Waals surface area contributed by atoms with E-state index in [9.17, 15) is 9.59 Å². The maximum atomic E-state index is 12.7. The molecule has 30 heavy (non-hydrogen) atoms. The molecule has 2 aromatic carbocycles. The highest BCUT2D eigenvalue weighted by Gasteiger charge is 2.16. The number of benzene rings is 2. The number of aromatic nitrogens is 2. The van der Waals surface area contributed by atoms with E-state index in [2.05, 4.69) is 34.4 Å². The summed E-state index contributed by atoms with van der Waals surface area (Å²) in [6.45, 7) is 8.54. The second-order valence-electron chi connectivity index (χ2n) is 6.89. The van der Waals surface area contributed by atoms with E-state index < -0.39 is 5.91 Å². The second kappa shape index (κ2) is 9.82. The van der Waals surface area contributed by atoms with Crippen molar-refractivity contribution in [1.82, 2.24) is 15.2 Å². The Labute approximate surface area is 176 Å². The highest BCUT2D eigenvalue weighted by atomic mass is 16.2. The third kappa shape index (κ3) is 4.56. The summed E-state index contributed by atoms with van der Waals surface area (Å²) in [7, 11) is 0. The Morgan fingerprint density at radius 3 is 2.37 bits per heavy atom. The smallest absolute Gasteiger partial charge is 0.292 e. The minimum Gasteiger partial charge on any atom is -0.372 e. The van der Waals surface area contributed by atoms with Crippen LogP contribution in [0.15, 0.2) is 58.4 Å². The number of hydrogen-bond acceptors (Lipinski definition) is 5. The third-order valence-electron chi connectivity index (χ3n) is 4.92. The van der Waals surface area contributed by atoms with Crippen LogP contribution in [-0.2, 0) is 6.54 Å². The van der Waals surface area contributed by atoms with Crippen molar-refractivity contribution in [3.8, 4) is 0 Å². The van der Waals surface area contributed by atoms with Crippen LogP contribution in [-0.4, -0.2) is 35.0 Å². The van der Waals surface area contributed by atoms with E-state index in [4.69, 9.17) is 0 Å². The van der Waals surface area contributed by atoms with Crippen LogP contribution < -0.4 is 15.9 Å². The summed E-state index contributed by atoms with van der Waals surface area (Å²) in [5, 5.41) is 9.34. The van der Waals surface area contributed by atoms with E-state index in [0.29, 0.717) is 17.3 Å². The zero-order chi connectivity index (χ0) is 21.5. The van der Waals surface area contributed by atoms with Crippen LogP contribution >= 0.6 is 0 Å². The van der Waals surface area contributed by atoms with Crippen molar-refractivity contribution in [3.63, 3.8) is 0 Å². The molecular formula is C23H27N5O2. The van der Waals surface area contributed by atoms with E-state index in [1.165, 1.54) is 4.68 Å². The van der Waals surface area contributed by atoms with Gasteiger partial charge in [0.2, 0.25) is 0 Å². The van der Waals surface area contributed by atoms with Gasteiger partial charge in [0.15, 0.2) is 5.69 Å². The first-order valence-electron chi connectivity index (χ1n) is 10.3. The van der Waals surface area contributed by atoms with Gasteiger partial charge in [-0.3, -0.25) is 9.59 Å². The van der Waals surface area contributed by atoms with Gasteiger partial charge in [0.05, 0.1) is 11.6 Å². The molecule has 0 radical (unpaired) electrons. The highest BCUT2D eigenvalue weighted by Crippen LogP contribution is 2.15. The first-order valence-corrected chi connectivity index (χ1v) is 10.3. The lowest BCUT2D eigenvalue weighted by molar-refractivity contribution is 0.0949. The Balaban J connectivity index is 1.80. The minimum absolute atomic E-state index is 0.188. The van der Waals surface area contributed by atoms with Crippen LogP contribution in [0.4, 0.5) is 5.69 Å². The number of carbonyl (C=O) groups is 1. The van der Waals surface area contributed by atoms with Crippen molar-refractivity contribution in [2.75, 3.05) is 18.0 Å². The van der Waals surface area contributed by atoms with E-state index in [1.54, 1.807) is 30.5 Å². The number of anilines is 1. The molecule has 1 N–H and O–H groups in total. The van der Waals surface area contributed by atoms with Crippen molar-refractivity contribution in [2.45, 2.75) is 33.7 Å². The summed E-state index contributed by atoms with van der Waals surface area (Å²) in [5.41, 5.74) is 4.55. The molecule has 156 valence electrons. The SMILES string of the molecule is CCCn1nc(C(=O)N/N=C\c2ccc(N(CC)CC)cc2)c2ccccc2c1=O. The number of nitrogens with one attached hydrogen (secondary N) is 1. The monoisotopic (exact) mass is 405 g/mol. The van der Waals surface area contributed by atoms with Crippen molar-refractivity contribution in [1.29, 1.82) is 0 Å². The van der Waals surface area contributed by atoms with Crippen LogP contribution in [0, 0.1) is 0 Å². The maximum absolute atomic E-state index is 12.7. The molecule has 1 heterocycles. The van der Waals surface area contributed by atoms with Crippen LogP contribution in [0.3, 0.4) is 0 Å². The first-order chi connectivity index (χ1) is 14.6. The molecule has 0 aliphatic rings. The van der Waals surface area contributed by atoms with E-state index in [0.717, 1.165) is 30.8 Å². The standard InChI is InChI=1S/C23H27N5O2/c1-4-15-28-23(30)20-10-8-7-9-19(20)21(26-28)22(29)25-24-16-17-11-13-18(14-12-17)27(5-2)6-3/h7-14,16H,4-6,15H2,1-3H3,(H,25,29)/b24-16-. The molecule has 0 aliphatic heterocycles. The normalized spacial score (nSPS) is 11.2. The molecule has 3 aromatic rings. The molecule has 1 aromatic heterocycles. The number of hydrazone groups is 1. The van der Waals surface area contributed by atoms with Crippen molar-refractivity contribution in [2.24, 2.45) is 5.10 Å². The number of aryl methyl sites for hydroxylation is 1. The van der Waals surface area contributed by atoms with Gasteiger partial charge in [-0.1, -0.05) is 37.3 Å². The van der Waals surface area contributed by atoms with Crippen molar-refractivity contribution >= 4 is 28.6 Å². The Morgan fingerprint density at radius 1 is 1.07 bits per heavy atom. The zero-order valence-electron chi connectivity index (χ0n) is 17.6. The number of carbonyl (C=O) groups excluding carboxylic acids is 1. The summed E-state index contributed by atoms with van der Waals surface area (Å²) in [6, 6.07) is 15.0. The molecule has 0 unspecified atom stereocenters. The Morgan fingerprint density at radius 2 is 1.73 bits per heavy atom. The number of amides is 1. The molecule has 1 amide bonds. The summed E-state index contributed by atoms with van der Waals surface area (Å²) in [4.78, 5) is 27.5. The summed E-state index contributed by atoms with van der Waals surface area (Å²) in [6.07, 6.45) is 2.34. The zero-order valence-corrected chi connectivity index (χ0v) is 17.6. The highest BCUT2D eigenvalue weighted by molar-refractivity contribution is 6.04. The molecule has 7 heteroatoms. The number of hydrogen-bond donors (Lipinski definition) is 1. The van der Waals surface area contributed by atoms with Crippen LogP contribution in [0.2, 0.25) is 0 Å². The maximum Gasteiger partial charge on any atom is 0.292 e. The van der Waals surface area contributed by atoms with Crippen molar-refractivity contribution < 1.29 is 4.79 Å². The average Bonchev–Trinajstić information content (AvgIpc) is 2.77. The van der Waals surface area contributed by atoms with Gasteiger partial charge < -0.3 is 4.90 Å². The lowest BCUT2D eigenvalue weighted by Gasteiger charge is -2.20. The first kappa shape index (κ1) is 21.2. The molecule has 3 rings (SSSR count). The molecule has 0 spiro atoms. The Bertz CT molecular complexity index is 1100. The number of rotatable bonds is 8. The molecule has 0 bridgehead atoms. The fraction of sp³-hybridized carbons (Fsp3) is 0.304. The molecule has 0 saturated carbocycles. The molecule has 0 atom stereocenters. The summed E-state index contributed by atoms with van der Waals surface area (Å²) >= 11 is 0. The van der Waals surface area contributed by atoms with Gasteiger partial charge in [-0.15, -0.1) is 0 Å². The van der Waals surface area contributed by atoms with Crippen LogP contribution in [0.25, 0.3) is 10.8 Å². The fourth-order valence-electron chi connectivity index (χ4n) is 3.34. The van der Waals surface area contributed by atoms with E-state index in [1.807, 2.05) is 31.2 Å². The van der Waals surface area contributed by atoms with Crippen LogP contribution in [0.5, 0.6) is 0 Å². The minimum atomic E-state index is -0.452. The summed E-state index contributed by atoms with van der Waals surface area (Å²) in [5.74, 6) is -0.452. The van der Waals surface area contributed by atoms with E-state index in [-0.39, 0.29) is 11.3 Å². The number of nitrogens with zero attached hydrogens (tertiary/aromatic N) is 4. The van der Waals surface area contributed by atoms with Crippen LogP contribution in [0.1, 0.15) is 43.2 Å². The topological polar surface area (TPSA) is 79.6 Å². The van der Waals surface area contributed by atoms with Gasteiger partial charge in [0.25, 0.3) is 11.5 Å². The van der Waals surface area contributed by atoms with E-state index >= 15 is 0 Å².